The van der Waals surface area contributed by atoms with Crippen LogP contribution in [0, 0.1) is 5.92 Å². The lowest BCUT2D eigenvalue weighted by Crippen LogP contribution is -2.33. The third-order valence-corrected chi connectivity index (χ3v) is 3.61. The van der Waals surface area contributed by atoms with Crippen molar-refractivity contribution in [2.75, 3.05) is 6.54 Å². The van der Waals surface area contributed by atoms with Gasteiger partial charge in [0.05, 0.1) is 11.7 Å². The Kier molecular flexibility index (Phi) is 4.55. The number of hydrogen-bond acceptors (Lipinski definition) is 3. The van der Waals surface area contributed by atoms with Gasteiger partial charge in [-0.05, 0) is 37.3 Å². The van der Waals surface area contributed by atoms with Gasteiger partial charge in [-0.3, -0.25) is 4.79 Å². The van der Waals surface area contributed by atoms with Crippen LogP contribution in [-0.4, -0.2) is 28.6 Å². The number of rotatable bonds is 3. The third-order valence-electron chi connectivity index (χ3n) is 3.31. The molecule has 18 heavy (non-hydrogen) atoms. The summed E-state index contributed by atoms with van der Waals surface area (Å²) in [5.41, 5.74) is 0.399. The third kappa shape index (κ3) is 3.43. The lowest BCUT2D eigenvalue weighted by Gasteiger charge is -2.25. The summed E-state index contributed by atoms with van der Waals surface area (Å²) in [6.45, 7) is 0.584. The fourth-order valence-corrected chi connectivity index (χ4v) is 2.54. The first kappa shape index (κ1) is 13.3. The van der Waals surface area contributed by atoms with E-state index in [9.17, 15) is 9.90 Å². The van der Waals surface area contributed by atoms with Crippen LogP contribution in [-0.2, 0) is 0 Å². The minimum absolute atomic E-state index is 0.201. The second kappa shape index (κ2) is 6.16. The van der Waals surface area contributed by atoms with Crippen LogP contribution in [0.2, 0.25) is 5.15 Å². The Bertz CT molecular complexity index is 425. The minimum Gasteiger partial charge on any atom is -0.393 e. The molecule has 2 unspecified atom stereocenters. The maximum absolute atomic E-state index is 11.9. The number of carbonyl (C=O) groups excluding carboxylic acids is 1. The number of aromatic nitrogens is 1. The Balaban J connectivity index is 1.87. The van der Waals surface area contributed by atoms with Gasteiger partial charge in [0.2, 0.25) is 0 Å². The Morgan fingerprint density at radius 1 is 1.56 bits per heavy atom. The zero-order chi connectivity index (χ0) is 13.0. The van der Waals surface area contributed by atoms with E-state index in [2.05, 4.69) is 10.3 Å². The van der Waals surface area contributed by atoms with Crippen LogP contribution in [0.3, 0.4) is 0 Å². The van der Waals surface area contributed by atoms with Crippen molar-refractivity contribution in [2.24, 2.45) is 5.92 Å². The molecule has 1 fully saturated rings. The molecule has 1 aliphatic rings. The zero-order valence-corrected chi connectivity index (χ0v) is 10.9. The van der Waals surface area contributed by atoms with Gasteiger partial charge >= 0.3 is 0 Å². The van der Waals surface area contributed by atoms with E-state index in [4.69, 9.17) is 11.6 Å². The summed E-state index contributed by atoms with van der Waals surface area (Å²) in [7, 11) is 0. The molecule has 1 aromatic rings. The van der Waals surface area contributed by atoms with Crippen molar-refractivity contribution < 1.29 is 9.90 Å². The molecule has 1 aliphatic carbocycles. The summed E-state index contributed by atoms with van der Waals surface area (Å²) in [4.78, 5) is 15.8. The average Bonchev–Trinajstić information content (AvgIpc) is 2.37. The van der Waals surface area contributed by atoms with E-state index in [0.29, 0.717) is 18.0 Å². The molecule has 0 radical (unpaired) electrons. The predicted molar refractivity (Wildman–Crippen MR) is 69.5 cm³/mol. The number of nitrogens with zero attached hydrogens (tertiary/aromatic N) is 1. The molecule has 5 heteroatoms. The van der Waals surface area contributed by atoms with Crippen LogP contribution in [0.4, 0.5) is 0 Å². The molecule has 0 spiro atoms. The molecule has 1 heterocycles. The number of hydrogen-bond donors (Lipinski definition) is 2. The first-order chi connectivity index (χ1) is 8.66. The highest BCUT2D eigenvalue weighted by molar-refractivity contribution is 6.32. The molecule has 1 aromatic heterocycles. The first-order valence-electron chi connectivity index (χ1n) is 6.23. The molecule has 0 saturated heterocycles. The van der Waals surface area contributed by atoms with Crippen molar-refractivity contribution in [3.63, 3.8) is 0 Å². The van der Waals surface area contributed by atoms with Gasteiger partial charge in [-0.15, -0.1) is 0 Å². The van der Waals surface area contributed by atoms with Gasteiger partial charge < -0.3 is 10.4 Å². The fourth-order valence-electron chi connectivity index (χ4n) is 2.34. The molecular formula is C13H17ClN2O2. The summed E-state index contributed by atoms with van der Waals surface area (Å²) in [6.07, 6.45) is 5.05. The van der Waals surface area contributed by atoms with E-state index in [1.54, 1.807) is 18.3 Å². The number of carbonyl (C=O) groups is 1. The number of amides is 1. The van der Waals surface area contributed by atoms with E-state index in [0.717, 1.165) is 25.7 Å². The SMILES string of the molecule is O=C(NCC1CCCC(O)C1)c1cccnc1Cl. The zero-order valence-electron chi connectivity index (χ0n) is 10.1. The van der Waals surface area contributed by atoms with Gasteiger partial charge in [-0.1, -0.05) is 18.0 Å². The standard InChI is InChI=1S/C13H17ClN2O2/c14-12-11(5-2-6-15-12)13(18)16-8-9-3-1-4-10(17)7-9/h2,5-6,9-10,17H,1,3-4,7-8H2,(H,16,18). The molecule has 4 nitrogen and oxygen atoms in total. The van der Waals surface area contributed by atoms with Crippen LogP contribution in [0.25, 0.3) is 0 Å². The van der Waals surface area contributed by atoms with Crippen LogP contribution >= 0.6 is 11.6 Å². The van der Waals surface area contributed by atoms with E-state index >= 15 is 0 Å². The Morgan fingerprint density at radius 2 is 2.39 bits per heavy atom. The average molecular weight is 269 g/mol. The van der Waals surface area contributed by atoms with Crippen LogP contribution < -0.4 is 5.32 Å². The number of aliphatic hydroxyl groups is 1. The molecule has 0 bridgehead atoms. The number of aliphatic hydroxyl groups excluding tert-OH is 1. The Hall–Kier alpha value is -1.13. The van der Waals surface area contributed by atoms with Gasteiger partial charge in [-0.2, -0.15) is 0 Å². The van der Waals surface area contributed by atoms with Crippen LogP contribution in [0.15, 0.2) is 18.3 Å². The summed E-state index contributed by atoms with van der Waals surface area (Å²) in [6, 6.07) is 3.34. The Morgan fingerprint density at radius 3 is 3.11 bits per heavy atom. The van der Waals surface area contributed by atoms with E-state index in [-0.39, 0.29) is 17.2 Å². The van der Waals surface area contributed by atoms with Gasteiger partial charge in [-0.25, -0.2) is 4.98 Å². The first-order valence-corrected chi connectivity index (χ1v) is 6.61. The number of halogens is 1. The van der Waals surface area contributed by atoms with E-state index < -0.39 is 0 Å². The molecule has 1 amide bonds. The van der Waals surface area contributed by atoms with E-state index in [1.165, 1.54) is 0 Å². The summed E-state index contributed by atoms with van der Waals surface area (Å²) in [5, 5.41) is 12.6. The normalized spacial score (nSPS) is 23.7. The second-order valence-electron chi connectivity index (χ2n) is 4.74. The monoisotopic (exact) mass is 268 g/mol. The molecule has 2 N–H and O–H groups in total. The van der Waals surface area contributed by atoms with Crippen molar-refractivity contribution in [1.82, 2.24) is 10.3 Å². The predicted octanol–water partition coefficient (Wildman–Crippen LogP) is 2.02. The summed E-state index contributed by atoms with van der Waals surface area (Å²) >= 11 is 5.85. The largest absolute Gasteiger partial charge is 0.393 e. The summed E-state index contributed by atoms with van der Waals surface area (Å²) in [5.74, 6) is 0.154. The lowest BCUT2D eigenvalue weighted by molar-refractivity contribution is 0.0873. The van der Waals surface area contributed by atoms with Crippen molar-refractivity contribution >= 4 is 17.5 Å². The fraction of sp³-hybridized carbons (Fsp3) is 0.538. The maximum atomic E-state index is 11.9. The Labute approximate surface area is 111 Å². The molecule has 98 valence electrons. The maximum Gasteiger partial charge on any atom is 0.254 e. The highest BCUT2D eigenvalue weighted by Gasteiger charge is 2.21. The topological polar surface area (TPSA) is 62.2 Å². The highest BCUT2D eigenvalue weighted by Crippen LogP contribution is 2.23. The van der Waals surface area contributed by atoms with Crippen molar-refractivity contribution in [3.05, 3.63) is 29.0 Å². The smallest absolute Gasteiger partial charge is 0.254 e. The summed E-state index contributed by atoms with van der Waals surface area (Å²) < 4.78 is 0. The van der Waals surface area contributed by atoms with Crippen molar-refractivity contribution in [3.8, 4) is 0 Å². The van der Waals surface area contributed by atoms with Crippen molar-refractivity contribution in [1.29, 1.82) is 0 Å². The highest BCUT2D eigenvalue weighted by atomic mass is 35.5. The molecule has 2 rings (SSSR count). The van der Waals surface area contributed by atoms with Gasteiger partial charge in [0.25, 0.3) is 5.91 Å². The van der Waals surface area contributed by atoms with E-state index in [1.807, 2.05) is 0 Å². The molecule has 0 aromatic carbocycles. The number of nitrogens with one attached hydrogen (secondary N) is 1. The molecule has 1 saturated carbocycles. The van der Waals surface area contributed by atoms with Gasteiger partial charge in [0, 0.05) is 12.7 Å². The van der Waals surface area contributed by atoms with Crippen LogP contribution in [0.5, 0.6) is 0 Å². The van der Waals surface area contributed by atoms with Crippen molar-refractivity contribution in [2.45, 2.75) is 31.8 Å². The molecular weight excluding hydrogens is 252 g/mol. The number of pyridine rings is 1. The minimum atomic E-state index is -0.220. The van der Waals surface area contributed by atoms with Gasteiger partial charge in [0.15, 0.2) is 0 Å². The second-order valence-corrected chi connectivity index (χ2v) is 5.10. The quantitative estimate of drug-likeness (QED) is 0.825. The van der Waals surface area contributed by atoms with Gasteiger partial charge in [0.1, 0.15) is 5.15 Å². The van der Waals surface area contributed by atoms with Crippen LogP contribution in [0.1, 0.15) is 36.0 Å². The molecule has 2 atom stereocenters. The lowest BCUT2D eigenvalue weighted by atomic mass is 9.87. The molecule has 0 aliphatic heterocycles.